The Morgan fingerprint density at radius 2 is 2.00 bits per heavy atom. The summed E-state index contributed by atoms with van der Waals surface area (Å²) in [7, 11) is 1.47. The summed E-state index contributed by atoms with van der Waals surface area (Å²) < 4.78 is 5.14. The third kappa shape index (κ3) is 3.44. The number of methoxy groups -OCH3 is 1. The molecule has 5 heteroatoms. The predicted octanol–water partition coefficient (Wildman–Crippen LogP) is 1.95. The molecule has 0 aliphatic rings. The van der Waals surface area contributed by atoms with Crippen molar-refractivity contribution in [2.24, 2.45) is 0 Å². The van der Waals surface area contributed by atoms with Crippen molar-refractivity contribution >= 4 is 35.3 Å². The van der Waals surface area contributed by atoms with Crippen LogP contribution in [0.25, 0.3) is 0 Å². The van der Waals surface area contributed by atoms with Crippen molar-refractivity contribution in [2.75, 3.05) is 7.11 Å². The number of ether oxygens (including phenoxy) is 1. The van der Waals surface area contributed by atoms with Crippen molar-refractivity contribution in [2.45, 2.75) is 19.8 Å². The fraction of sp³-hybridized carbons (Fsp3) is 0.333. The van der Waals surface area contributed by atoms with Crippen molar-refractivity contribution in [3.05, 3.63) is 28.8 Å². The molecule has 4 nitrogen and oxygen atoms in total. The molecule has 0 saturated heterocycles. The van der Waals surface area contributed by atoms with Gasteiger partial charge in [-0.1, -0.05) is 13.8 Å². The second kappa shape index (κ2) is 6.61. The van der Waals surface area contributed by atoms with Crippen LogP contribution in [0.1, 0.15) is 46.0 Å². The number of carboxylic acids is 1. The Balaban J connectivity index is 0.00000256. The maximum atomic E-state index is 10.9. The molecule has 0 heterocycles. The zero-order valence-electron chi connectivity index (χ0n) is 10.2. The molecule has 0 aliphatic carbocycles. The first-order valence-corrected chi connectivity index (χ1v) is 4.91. The van der Waals surface area contributed by atoms with Gasteiger partial charge in [-0.05, 0) is 23.6 Å². The lowest BCUT2D eigenvalue weighted by Crippen LogP contribution is -2.04. The summed E-state index contributed by atoms with van der Waals surface area (Å²) in [6, 6.07) is 2.86. The van der Waals surface area contributed by atoms with Gasteiger partial charge in [0, 0.05) is 23.1 Å². The first-order chi connectivity index (χ1) is 7.51. The van der Waals surface area contributed by atoms with Gasteiger partial charge in [-0.3, -0.25) is 4.79 Å². The van der Waals surface area contributed by atoms with Crippen molar-refractivity contribution in [3.63, 3.8) is 0 Å². The number of hydrogen-bond acceptors (Lipinski definition) is 3. The highest BCUT2D eigenvalue weighted by Gasteiger charge is 2.16. The van der Waals surface area contributed by atoms with Gasteiger partial charge >= 0.3 is 5.97 Å². The molecule has 0 unspecified atom stereocenters. The zero-order chi connectivity index (χ0) is 12.3. The maximum absolute atomic E-state index is 10.9. The lowest BCUT2D eigenvalue weighted by molar-refractivity contribution is 0.0696. The molecule has 0 amide bonds. The van der Waals surface area contributed by atoms with Crippen molar-refractivity contribution in [1.29, 1.82) is 0 Å². The summed E-state index contributed by atoms with van der Waals surface area (Å²) in [6.07, 6.45) is 0.608. The van der Waals surface area contributed by atoms with Crippen molar-refractivity contribution in [3.8, 4) is 5.75 Å². The number of benzene rings is 1. The molecule has 88 valence electrons. The van der Waals surface area contributed by atoms with E-state index in [-0.39, 0.29) is 40.1 Å². The van der Waals surface area contributed by atoms with Crippen molar-refractivity contribution < 1.29 is 19.4 Å². The molecule has 0 bridgehead atoms. The Morgan fingerprint density at radius 3 is 2.35 bits per heavy atom. The molecule has 0 aromatic heterocycles. The highest BCUT2D eigenvalue weighted by Crippen LogP contribution is 2.30. The van der Waals surface area contributed by atoms with Crippen LogP contribution in [-0.4, -0.2) is 47.5 Å². The highest BCUT2D eigenvalue weighted by atomic mass is 24.3. The standard InChI is InChI=1S/C12H14O4.Mg/c1-7(2)10-5-8(12(14)15)4-9(6-13)11(10)16-3;/h4-7H,1-3H3,(H,14,15);. The molecular formula is C12H14MgO4. The van der Waals surface area contributed by atoms with Gasteiger partial charge in [-0.15, -0.1) is 0 Å². The minimum absolute atomic E-state index is 0. The van der Waals surface area contributed by atoms with Crippen LogP contribution in [0.2, 0.25) is 0 Å². The normalized spacial score (nSPS) is 9.65. The van der Waals surface area contributed by atoms with Gasteiger partial charge in [-0.2, -0.15) is 0 Å². The third-order valence-corrected chi connectivity index (χ3v) is 2.35. The lowest BCUT2D eigenvalue weighted by atomic mass is 9.96. The van der Waals surface area contributed by atoms with Crippen LogP contribution in [0, 0.1) is 0 Å². The summed E-state index contributed by atoms with van der Waals surface area (Å²) in [5.41, 5.74) is 1.10. The Labute approximate surface area is 116 Å². The van der Waals surface area contributed by atoms with Gasteiger partial charge in [0.2, 0.25) is 0 Å². The molecule has 1 rings (SSSR count). The first-order valence-electron chi connectivity index (χ1n) is 4.91. The van der Waals surface area contributed by atoms with Gasteiger partial charge in [0.05, 0.1) is 18.2 Å². The number of aromatic carboxylic acids is 1. The van der Waals surface area contributed by atoms with E-state index >= 15 is 0 Å². The summed E-state index contributed by atoms with van der Waals surface area (Å²) in [6.45, 7) is 3.83. The number of hydrogen-bond donors (Lipinski definition) is 1. The van der Waals surface area contributed by atoms with E-state index in [1.807, 2.05) is 13.8 Å². The van der Waals surface area contributed by atoms with Crippen LogP contribution >= 0.6 is 0 Å². The SMILES string of the molecule is COc1c(C=O)cc(C(=O)O)cc1C(C)C.[Mg]. The van der Waals surface area contributed by atoms with Crippen LogP contribution in [0.15, 0.2) is 12.1 Å². The van der Waals surface area contributed by atoms with E-state index in [1.54, 1.807) is 6.07 Å². The van der Waals surface area contributed by atoms with Gasteiger partial charge < -0.3 is 9.84 Å². The second-order valence-corrected chi connectivity index (χ2v) is 3.77. The number of carbonyl (C=O) groups is 2. The second-order valence-electron chi connectivity index (χ2n) is 3.77. The Morgan fingerprint density at radius 1 is 1.41 bits per heavy atom. The number of carbonyl (C=O) groups excluding carboxylic acids is 1. The Kier molecular flexibility index (Phi) is 6.19. The zero-order valence-corrected chi connectivity index (χ0v) is 11.6. The van der Waals surface area contributed by atoms with E-state index in [9.17, 15) is 9.59 Å². The number of aldehydes is 1. The van der Waals surface area contributed by atoms with Gasteiger partial charge in [0.25, 0.3) is 0 Å². The van der Waals surface area contributed by atoms with Gasteiger partial charge in [0.15, 0.2) is 6.29 Å². The molecule has 0 atom stereocenters. The minimum Gasteiger partial charge on any atom is -0.496 e. The van der Waals surface area contributed by atoms with E-state index in [2.05, 4.69) is 0 Å². The minimum atomic E-state index is -1.05. The molecular weight excluding hydrogens is 232 g/mol. The van der Waals surface area contributed by atoms with E-state index < -0.39 is 5.97 Å². The van der Waals surface area contributed by atoms with Crippen LogP contribution in [0.3, 0.4) is 0 Å². The molecule has 1 aromatic rings. The van der Waals surface area contributed by atoms with E-state index in [0.717, 1.165) is 5.56 Å². The average molecular weight is 247 g/mol. The Bertz CT molecular complexity index is 427. The largest absolute Gasteiger partial charge is 0.496 e. The summed E-state index contributed by atoms with van der Waals surface area (Å²) in [5.74, 6) is -0.504. The lowest BCUT2D eigenvalue weighted by Gasteiger charge is -2.14. The average Bonchev–Trinajstić information content (AvgIpc) is 2.26. The monoisotopic (exact) mass is 246 g/mol. The molecule has 1 N–H and O–H groups in total. The van der Waals surface area contributed by atoms with E-state index in [4.69, 9.17) is 9.84 Å². The van der Waals surface area contributed by atoms with Crippen LogP contribution in [0.4, 0.5) is 0 Å². The molecule has 2 radical (unpaired) electrons. The first kappa shape index (κ1) is 15.9. The van der Waals surface area contributed by atoms with Crippen molar-refractivity contribution in [1.82, 2.24) is 0 Å². The summed E-state index contributed by atoms with van der Waals surface area (Å²) in [5, 5.41) is 8.92. The van der Waals surface area contributed by atoms with Gasteiger partial charge in [-0.25, -0.2) is 4.79 Å². The quantitative estimate of drug-likeness (QED) is 0.651. The topological polar surface area (TPSA) is 63.6 Å². The highest BCUT2D eigenvalue weighted by molar-refractivity contribution is 5.92. The van der Waals surface area contributed by atoms with Crippen LogP contribution < -0.4 is 4.74 Å². The van der Waals surface area contributed by atoms with E-state index in [1.165, 1.54) is 13.2 Å². The van der Waals surface area contributed by atoms with Crippen LogP contribution in [0.5, 0.6) is 5.75 Å². The summed E-state index contributed by atoms with van der Waals surface area (Å²) >= 11 is 0. The molecule has 0 fully saturated rings. The molecule has 0 spiro atoms. The molecule has 1 aromatic carbocycles. The Hall–Kier alpha value is -1.07. The third-order valence-electron chi connectivity index (χ3n) is 2.35. The number of carboxylic acid groups (broad SMARTS) is 1. The smallest absolute Gasteiger partial charge is 0.335 e. The van der Waals surface area contributed by atoms with Gasteiger partial charge in [0.1, 0.15) is 5.75 Å². The van der Waals surface area contributed by atoms with E-state index in [0.29, 0.717) is 12.0 Å². The summed E-state index contributed by atoms with van der Waals surface area (Å²) in [4.78, 5) is 21.7. The number of rotatable bonds is 4. The maximum Gasteiger partial charge on any atom is 0.335 e. The fourth-order valence-corrected chi connectivity index (χ4v) is 1.55. The van der Waals surface area contributed by atoms with Crippen LogP contribution in [-0.2, 0) is 0 Å². The molecule has 17 heavy (non-hydrogen) atoms. The predicted molar refractivity (Wildman–Crippen MR) is 65.2 cm³/mol. The molecule has 0 aliphatic heterocycles. The fourth-order valence-electron chi connectivity index (χ4n) is 1.55. The molecule has 0 saturated carbocycles.